The van der Waals surface area contributed by atoms with E-state index in [2.05, 4.69) is 20.6 Å². The summed E-state index contributed by atoms with van der Waals surface area (Å²) in [4.78, 5) is 13.3. The summed E-state index contributed by atoms with van der Waals surface area (Å²) < 4.78 is 1.85. The SMILES string of the molecule is CNC(=O)c1ccc(N(C)CCn2cccn2)nn1. The van der Waals surface area contributed by atoms with E-state index in [1.807, 2.05) is 28.9 Å². The van der Waals surface area contributed by atoms with Gasteiger partial charge in [-0.05, 0) is 18.2 Å². The van der Waals surface area contributed by atoms with Gasteiger partial charge in [0.25, 0.3) is 5.91 Å². The van der Waals surface area contributed by atoms with E-state index in [1.165, 1.54) is 0 Å². The van der Waals surface area contributed by atoms with Gasteiger partial charge < -0.3 is 10.2 Å². The highest BCUT2D eigenvalue weighted by atomic mass is 16.1. The smallest absolute Gasteiger partial charge is 0.271 e. The van der Waals surface area contributed by atoms with Gasteiger partial charge in [0.2, 0.25) is 0 Å². The second-order valence-electron chi connectivity index (χ2n) is 4.05. The summed E-state index contributed by atoms with van der Waals surface area (Å²) in [5, 5.41) is 14.6. The highest BCUT2D eigenvalue weighted by molar-refractivity contribution is 5.91. The Morgan fingerprint density at radius 1 is 1.42 bits per heavy atom. The van der Waals surface area contributed by atoms with Crippen molar-refractivity contribution in [1.82, 2.24) is 25.3 Å². The zero-order valence-corrected chi connectivity index (χ0v) is 10.9. The zero-order valence-electron chi connectivity index (χ0n) is 10.9. The maximum absolute atomic E-state index is 11.3. The Bertz CT molecular complexity index is 522. The Kier molecular flexibility index (Phi) is 4.07. The molecule has 0 saturated heterocycles. The molecule has 0 aliphatic carbocycles. The minimum atomic E-state index is -0.238. The Balaban J connectivity index is 1.95. The van der Waals surface area contributed by atoms with Crippen molar-refractivity contribution in [2.24, 2.45) is 0 Å². The standard InChI is InChI=1S/C12H16N6O/c1-13-12(19)10-4-5-11(16-15-10)17(2)8-9-18-7-3-6-14-18/h3-7H,8-9H2,1-2H3,(H,13,19). The van der Waals surface area contributed by atoms with Gasteiger partial charge in [0.15, 0.2) is 11.5 Å². The van der Waals surface area contributed by atoms with Crippen molar-refractivity contribution in [2.75, 3.05) is 25.5 Å². The first-order valence-electron chi connectivity index (χ1n) is 5.95. The Morgan fingerprint density at radius 2 is 2.26 bits per heavy atom. The highest BCUT2D eigenvalue weighted by Gasteiger charge is 2.08. The molecular weight excluding hydrogens is 244 g/mol. The van der Waals surface area contributed by atoms with Crippen molar-refractivity contribution in [3.8, 4) is 0 Å². The Morgan fingerprint density at radius 3 is 2.84 bits per heavy atom. The van der Waals surface area contributed by atoms with E-state index in [-0.39, 0.29) is 5.91 Å². The van der Waals surface area contributed by atoms with E-state index in [0.29, 0.717) is 5.69 Å². The van der Waals surface area contributed by atoms with Crippen LogP contribution in [0.15, 0.2) is 30.6 Å². The summed E-state index contributed by atoms with van der Waals surface area (Å²) in [5.41, 5.74) is 0.312. The molecule has 7 heteroatoms. The molecule has 0 atom stereocenters. The maximum atomic E-state index is 11.3. The number of amides is 1. The second kappa shape index (κ2) is 5.94. The van der Waals surface area contributed by atoms with Crippen LogP contribution in [0.5, 0.6) is 0 Å². The normalized spacial score (nSPS) is 10.2. The molecule has 0 spiro atoms. The van der Waals surface area contributed by atoms with Gasteiger partial charge in [0.05, 0.1) is 6.54 Å². The maximum Gasteiger partial charge on any atom is 0.271 e. The summed E-state index contributed by atoms with van der Waals surface area (Å²) >= 11 is 0. The minimum Gasteiger partial charge on any atom is -0.356 e. The molecule has 19 heavy (non-hydrogen) atoms. The number of rotatable bonds is 5. The fraction of sp³-hybridized carbons (Fsp3) is 0.333. The van der Waals surface area contributed by atoms with Crippen LogP contribution in [0, 0.1) is 0 Å². The summed E-state index contributed by atoms with van der Waals surface area (Å²) in [5.74, 6) is 0.484. The van der Waals surface area contributed by atoms with Crippen LogP contribution in [0.25, 0.3) is 0 Å². The number of hydrogen-bond donors (Lipinski definition) is 1. The van der Waals surface area contributed by atoms with Crippen LogP contribution < -0.4 is 10.2 Å². The van der Waals surface area contributed by atoms with Gasteiger partial charge in [-0.3, -0.25) is 9.48 Å². The molecule has 7 nitrogen and oxygen atoms in total. The molecule has 2 aromatic rings. The lowest BCUT2D eigenvalue weighted by atomic mass is 10.3. The van der Waals surface area contributed by atoms with E-state index < -0.39 is 0 Å². The van der Waals surface area contributed by atoms with Crippen molar-refractivity contribution < 1.29 is 4.79 Å². The average molecular weight is 260 g/mol. The molecule has 0 aliphatic heterocycles. The topological polar surface area (TPSA) is 75.9 Å². The monoisotopic (exact) mass is 260 g/mol. The van der Waals surface area contributed by atoms with Crippen LogP contribution in [0.4, 0.5) is 5.82 Å². The van der Waals surface area contributed by atoms with Gasteiger partial charge in [-0.15, -0.1) is 10.2 Å². The molecule has 0 radical (unpaired) electrons. The number of aromatic nitrogens is 4. The summed E-state index contributed by atoms with van der Waals surface area (Å²) in [6.45, 7) is 1.53. The van der Waals surface area contributed by atoms with E-state index in [1.54, 1.807) is 25.4 Å². The van der Waals surface area contributed by atoms with Gasteiger partial charge in [0.1, 0.15) is 0 Å². The molecule has 2 aromatic heterocycles. The van der Waals surface area contributed by atoms with Crippen molar-refractivity contribution >= 4 is 11.7 Å². The third-order valence-electron chi connectivity index (χ3n) is 2.72. The quantitative estimate of drug-likeness (QED) is 0.829. The van der Waals surface area contributed by atoms with Crippen LogP contribution in [-0.2, 0) is 6.54 Å². The molecule has 0 aliphatic rings. The van der Waals surface area contributed by atoms with Crippen molar-refractivity contribution in [2.45, 2.75) is 6.54 Å². The minimum absolute atomic E-state index is 0.238. The van der Waals surface area contributed by atoms with E-state index in [0.717, 1.165) is 18.9 Å². The van der Waals surface area contributed by atoms with E-state index in [4.69, 9.17) is 0 Å². The Hall–Kier alpha value is -2.44. The van der Waals surface area contributed by atoms with Gasteiger partial charge in [-0.2, -0.15) is 5.10 Å². The average Bonchev–Trinajstić information content (AvgIpc) is 2.97. The Labute approximate surface area is 111 Å². The molecular formula is C12H16N6O. The van der Waals surface area contributed by atoms with Crippen molar-refractivity contribution in [3.05, 3.63) is 36.3 Å². The molecule has 2 rings (SSSR count). The van der Waals surface area contributed by atoms with Gasteiger partial charge in [0, 0.05) is 33.0 Å². The third kappa shape index (κ3) is 3.27. The molecule has 2 heterocycles. The third-order valence-corrected chi connectivity index (χ3v) is 2.72. The molecule has 0 aromatic carbocycles. The number of carbonyl (C=O) groups excluding carboxylic acids is 1. The lowest BCUT2D eigenvalue weighted by Gasteiger charge is -2.17. The molecule has 0 bridgehead atoms. The highest BCUT2D eigenvalue weighted by Crippen LogP contribution is 2.07. The van der Waals surface area contributed by atoms with E-state index >= 15 is 0 Å². The largest absolute Gasteiger partial charge is 0.356 e. The van der Waals surface area contributed by atoms with Gasteiger partial charge >= 0.3 is 0 Å². The summed E-state index contributed by atoms with van der Waals surface area (Å²) in [6, 6.07) is 5.32. The fourth-order valence-corrected chi connectivity index (χ4v) is 1.58. The number of nitrogens with zero attached hydrogens (tertiary/aromatic N) is 5. The second-order valence-corrected chi connectivity index (χ2v) is 4.05. The first-order valence-corrected chi connectivity index (χ1v) is 5.95. The predicted molar refractivity (Wildman–Crippen MR) is 70.9 cm³/mol. The first kappa shape index (κ1) is 13.0. The van der Waals surface area contributed by atoms with E-state index in [9.17, 15) is 4.79 Å². The lowest BCUT2D eigenvalue weighted by molar-refractivity contribution is 0.0957. The van der Waals surface area contributed by atoms with Crippen molar-refractivity contribution in [1.29, 1.82) is 0 Å². The van der Waals surface area contributed by atoms with Crippen LogP contribution in [0.1, 0.15) is 10.5 Å². The molecule has 1 N–H and O–H groups in total. The molecule has 0 saturated carbocycles. The molecule has 100 valence electrons. The van der Waals surface area contributed by atoms with Gasteiger partial charge in [-0.1, -0.05) is 0 Å². The number of carbonyl (C=O) groups is 1. The number of nitrogens with one attached hydrogen (secondary N) is 1. The fourth-order valence-electron chi connectivity index (χ4n) is 1.58. The van der Waals surface area contributed by atoms with Crippen LogP contribution in [-0.4, -0.2) is 46.5 Å². The molecule has 0 fully saturated rings. The number of hydrogen-bond acceptors (Lipinski definition) is 5. The first-order chi connectivity index (χ1) is 9.20. The van der Waals surface area contributed by atoms with Crippen LogP contribution in [0.3, 0.4) is 0 Å². The van der Waals surface area contributed by atoms with Crippen LogP contribution in [0.2, 0.25) is 0 Å². The van der Waals surface area contributed by atoms with Crippen molar-refractivity contribution in [3.63, 3.8) is 0 Å². The van der Waals surface area contributed by atoms with Crippen LogP contribution >= 0.6 is 0 Å². The summed E-state index contributed by atoms with van der Waals surface area (Å²) in [7, 11) is 3.49. The summed E-state index contributed by atoms with van der Waals surface area (Å²) in [6.07, 6.45) is 3.66. The lowest BCUT2D eigenvalue weighted by Crippen LogP contribution is -2.25. The predicted octanol–water partition coefficient (Wildman–Crippen LogP) is 0.169. The number of anilines is 1. The molecule has 1 amide bonds. The zero-order chi connectivity index (χ0) is 13.7. The number of likely N-dealkylation sites (N-methyl/N-ethyl adjacent to an activating group) is 1. The molecule has 0 unspecified atom stereocenters. The van der Waals surface area contributed by atoms with Gasteiger partial charge in [-0.25, -0.2) is 0 Å².